The Labute approximate surface area is 227 Å². The molecule has 1 fully saturated rings. The van der Waals surface area contributed by atoms with Gasteiger partial charge in [0.15, 0.2) is 6.61 Å². The molecule has 0 aliphatic carbocycles. The number of aryl methyl sites for hydroxylation is 2. The molecule has 39 heavy (non-hydrogen) atoms. The molecule has 3 aromatic rings. The highest BCUT2D eigenvalue weighted by atomic mass is 35.5. The molecular weight excluding hydrogens is 528 g/mol. The maximum absolute atomic E-state index is 13.2. The van der Waals surface area contributed by atoms with E-state index in [0.717, 1.165) is 23.3 Å². The minimum atomic E-state index is -1.01. The second kappa shape index (κ2) is 11.2. The molecule has 2 N–H and O–H groups in total. The third-order valence-corrected chi connectivity index (χ3v) is 6.08. The van der Waals surface area contributed by atoms with Crippen molar-refractivity contribution in [1.82, 2.24) is 5.32 Å². The zero-order chi connectivity index (χ0) is 28.3. The Morgan fingerprint density at radius 2 is 1.77 bits per heavy atom. The number of anilines is 2. The standard InChI is InChI=1S/C27H21ClN4O7/c1-15-3-5-19(11-16(15)2)29-24(33)14-39-23-10-4-18(28)12-17(23)13-22-25(34)30-27(36)31(26(22)35)20-6-8-21(9-7-20)32(37)38/h3-13H,14H2,1-2H3,(H,29,33)(H,30,34,36)/b22-13-. The van der Waals surface area contributed by atoms with Crippen molar-refractivity contribution in [2.24, 2.45) is 0 Å². The molecule has 0 aromatic heterocycles. The van der Waals surface area contributed by atoms with E-state index in [2.05, 4.69) is 10.6 Å². The van der Waals surface area contributed by atoms with Crippen LogP contribution in [0, 0.1) is 24.0 Å². The zero-order valence-corrected chi connectivity index (χ0v) is 21.4. The molecule has 0 bridgehead atoms. The molecule has 1 heterocycles. The predicted molar refractivity (Wildman–Crippen MR) is 144 cm³/mol. The summed E-state index contributed by atoms with van der Waals surface area (Å²) in [4.78, 5) is 61.7. The normalized spacial score (nSPS) is 14.3. The number of non-ortho nitro benzene ring substituents is 1. The third kappa shape index (κ3) is 6.11. The molecule has 0 saturated carbocycles. The summed E-state index contributed by atoms with van der Waals surface area (Å²) in [6.07, 6.45) is 1.19. The van der Waals surface area contributed by atoms with E-state index in [1.165, 1.54) is 36.4 Å². The summed E-state index contributed by atoms with van der Waals surface area (Å²) in [5.74, 6) is -2.20. The quantitative estimate of drug-likeness (QED) is 0.190. The van der Waals surface area contributed by atoms with Crippen LogP contribution in [0.3, 0.4) is 0 Å². The number of nitro groups is 1. The number of hydrogen-bond acceptors (Lipinski definition) is 7. The lowest BCUT2D eigenvalue weighted by atomic mass is 10.1. The topological polar surface area (TPSA) is 148 Å². The first-order valence-corrected chi connectivity index (χ1v) is 11.9. The van der Waals surface area contributed by atoms with Crippen LogP contribution >= 0.6 is 11.6 Å². The van der Waals surface area contributed by atoms with Crippen LogP contribution in [0.15, 0.2) is 66.2 Å². The van der Waals surface area contributed by atoms with E-state index in [1.807, 2.05) is 26.0 Å². The summed E-state index contributed by atoms with van der Waals surface area (Å²) in [6, 6.07) is 13.6. The fourth-order valence-electron chi connectivity index (χ4n) is 3.69. The second-order valence-electron chi connectivity index (χ2n) is 8.55. The van der Waals surface area contributed by atoms with Crippen molar-refractivity contribution in [3.05, 3.63) is 98.1 Å². The van der Waals surface area contributed by atoms with Gasteiger partial charge >= 0.3 is 6.03 Å². The van der Waals surface area contributed by atoms with Crippen LogP contribution in [0.2, 0.25) is 5.02 Å². The average molecular weight is 549 g/mol. The first-order chi connectivity index (χ1) is 18.5. The molecule has 11 nitrogen and oxygen atoms in total. The van der Waals surface area contributed by atoms with E-state index in [0.29, 0.717) is 10.6 Å². The SMILES string of the molecule is Cc1ccc(NC(=O)COc2ccc(Cl)cc2/C=C2/C(=O)NC(=O)N(c3ccc([N+](=O)[O-])cc3)C2=O)cc1C. The van der Waals surface area contributed by atoms with E-state index in [9.17, 15) is 29.3 Å². The number of carbonyl (C=O) groups is 4. The Morgan fingerprint density at radius 3 is 2.44 bits per heavy atom. The number of urea groups is 1. The van der Waals surface area contributed by atoms with Gasteiger partial charge in [-0.15, -0.1) is 0 Å². The molecule has 1 saturated heterocycles. The highest BCUT2D eigenvalue weighted by Gasteiger charge is 2.37. The third-order valence-electron chi connectivity index (χ3n) is 5.84. The van der Waals surface area contributed by atoms with Crippen molar-refractivity contribution in [2.75, 3.05) is 16.8 Å². The molecule has 0 unspecified atom stereocenters. The summed E-state index contributed by atoms with van der Waals surface area (Å²) in [5.41, 5.74) is 2.27. The Balaban J connectivity index is 1.57. The number of halogens is 1. The van der Waals surface area contributed by atoms with Crippen LogP contribution in [0.4, 0.5) is 21.9 Å². The number of barbiturate groups is 1. The van der Waals surface area contributed by atoms with E-state index >= 15 is 0 Å². The lowest BCUT2D eigenvalue weighted by molar-refractivity contribution is -0.384. The van der Waals surface area contributed by atoms with E-state index < -0.39 is 34.2 Å². The number of nitrogens with zero attached hydrogens (tertiary/aromatic N) is 2. The number of rotatable bonds is 7. The van der Waals surface area contributed by atoms with Gasteiger partial charge in [0, 0.05) is 28.4 Å². The number of nitro benzene ring substituents is 1. The molecule has 0 radical (unpaired) electrons. The van der Waals surface area contributed by atoms with Crippen LogP contribution in [0.5, 0.6) is 5.75 Å². The molecule has 1 aliphatic rings. The molecule has 198 valence electrons. The number of carbonyl (C=O) groups excluding carboxylic acids is 4. The highest BCUT2D eigenvalue weighted by Crippen LogP contribution is 2.29. The Morgan fingerprint density at radius 1 is 1.05 bits per heavy atom. The van der Waals surface area contributed by atoms with Crippen molar-refractivity contribution in [1.29, 1.82) is 0 Å². The number of hydrogen-bond donors (Lipinski definition) is 2. The first kappa shape index (κ1) is 27.0. The fourth-order valence-corrected chi connectivity index (χ4v) is 3.87. The smallest absolute Gasteiger partial charge is 0.335 e. The van der Waals surface area contributed by atoms with Crippen LogP contribution in [-0.4, -0.2) is 35.3 Å². The Bertz CT molecular complexity index is 1550. The van der Waals surface area contributed by atoms with Gasteiger partial charge in [-0.3, -0.25) is 29.8 Å². The van der Waals surface area contributed by atoms with Gasteiger partial charge < -0.3 is 10.1 Å². The molecule has 0 spiro atoms. The van der Waals surface area contributed by atoms with Crippen LogP contribution in [0.1, 0.15) is 16.7 Å². The minimum Gasteiger partial charge on any atom is -0.483 e. The number of nitrogens with one attached hydrogen (secondary N) is 2. The number of benzene rings is 3. The van der Waals surface area contributed by atoms with Gasteiger partial charge in [0.2, 0.25) is 0 Å². The molecular formula is C27H21ClN4O7. The molecule has 0 atom stereocenters. The number of imide groups is 2. The van der Waals surface area contributed by atoms with Crippen molar-refractivity contribution < 1.29 is 28.8 Å². The lowest BCUT2D eigenvalue weighted by Crippen LogP contribution is -2.54. The molecule has 12 heteroatoms. The van der Waals surface area contributed by atoms with E-state index in [-0.39, 0.29) is 34.3 Å². The van der Waals surface area contributed by atoms with Gasteiger partial charge in [-0.1, -0.05) is 17.7 Å². The van der Waals surface area contributed by atoms with Crippen molar-refractivity contribution in [3.63, 3.8) is 0 Å². The molecule has 3 aromatic carbocycles. The van der Waals surface area contributed by atoms with Gasteiger partial charge in [-0.25, -0.2) is 9.69 Å². The molecule has 5 amide bonds. The van der Waals surface area contributed by atoms with Gasteiger partial charge in [0.25, 0.3) is 23.4 Å². The molecule has 1 aliphatic heterocycles. The van der Waals surface area contributed by atoms with Crippen LogP contribution in [-0.2, 0) is 14.4 Å². The van der Waals surface area contributed by atoms with Gasteiger partial charge in [0.1, 0.15) is 11.3 Å². The minimum absolute atomic E-state index is 0.0204. The molecule has 4 rings (SSSR count). The summed E-state index contributed by atoms with van der Waals surface area (Å²) in [6.45, 7) is 3.51. The summed E-state index contributed by atoms with van der Waals surface area (Å²) in [7, 11) is 0. The summed E-state index contributed by atoms with van der Waals surface area (Å²) >= 11 is 6.12. The maximum atomic E-state index is 13.2. The average Bonchev–Trinajstić information content (AvgIpc) is 2.88. The fraction of sp³-hybridized carbons (Fsp3) is 0.111. The van der Waals surface area contributed by atoms with Crippen LogP contribution in [0.25, 0.3) is 6.08 Å². The second-order valence-corrected chi connectivity index (χ2v) is 8.99. The predicted octanol–water partition coefficient (Wildman–Crippen LogP) is 4.55. The highest BCUT2D eigenvalue weighted by molar-refractivity contribution is 6.39. The van der Waals surface area contributed by atoms with Crippen LogP contribution < -0.4 is 20.3 Å². The van der Waals surface area contributed by atoms with E-state index in [1.54, 1.807) is 6.07 Å². The van der Waals surface area contributed by atoms with E-state index in [4.69, 9.17) is 16.3 Å². The monoisotopic (exact) mass is 548 g/mol. The maximum Gasteiger partial charge on any atom is 0.335 e. The first-order valence-electron chi connectivity index (χ1n) is 11.5. The van der Waals surface area contributed by atoms with Gasteiger partial charge in [-0.05, 0) is 73.5 Å². The lowest BCUT2D eigenvalue weighted by Gasteiger charge is -2.26. The van der Waals surface area contributed by atoms with Crippen molar-refractivity contribution >= 4 is 58.5 Å². The van der Waals surface area contributed by atoms with Gasteiger partial charge in [-0.2, -0.15) is 0 Å². The van der Waals surface area contributed by atoms with Gasteiger partial charge in [0.05, 0.1) is 10.6 Å². The zero-order valence-electron chi connectivity index (χ0n) is 20.7. The summed E-state index contributed by atoms with van der Waals surface area (Å²) in [5, 5.41) is 16.0. The Kier molecular flexibility index (Phi) is 7.73. The number of ether oxygens (including phenoxy) is 1. The van der Waals surface area contributed by atoms with Crippen molar-refractivity contribution in [3.8, 4) is 5.75 Å². The number of amides is 5. The largest absolute Gasteiger partial charge is 0.483 e. The van der Waals surface area contributed by atoms with Crippen molar-refractivity contribution in [2.45, 2.75) is 13.8 Å². The Hall–Kier alpha value is -5.03. The summed E-state index contributed by atoms with van der Waals surface area (Å²) < 4.78 is 5.66.